The van der Waals surface area contributed by atoms with E-state index >= 15 is 0 Å². The third-order valence-electron chi connectivity index (χ3n) is 3.09. The lowest BCUT2D eigenvalue weighted by molar-refractivity contribution is 0.821. The van der Waals surface area contributed by atoms with Gasteiger partial charge in [-0.05, 0) is 24.0 Å². The van der Waals surface area contributed by atoms with E-state index in [1.807, 2.05) is 0 Å². The zero-order valence-electron chi connectivity index (χ0n) is 7.53. The van der Waals surface area contributed by atoms with Crippen molar-refractivity contribution in [2.24, 2.45) is 0 Å². The van der Waals surface area contributed by atoms with Crippen molar-refractivity contribution in [2.75, 3.05) is 0 Å². The van der Waals surface area contributed by atoms with Crippen LogP contribution in [0.15, 0.2) is 48.1 Å². The predicted molar refractivity (Wildman–Crippen MR) is 54.7 cm³/mol. The quantitative estimate of drug-likeness (QED) is 0.558. The van der Waals surface area contributed by atoms with Gasteiger partial charge in [-0.3, -0.25) is 0 Å². The molecule has 0 nitrogen and oxygen atoms in total. The van der Waals surface area contributed by atoms with Gasteiger partial charge in [0.15, 0.2) is 0 Å². The van der Waals surface area contributed by atoms with E-state index < -0.39 is 0 Å². The van der Waals surface area contributed by atoms with Crippen molar-refractivity contribution in [3.05, 3.63) is 59.2 Å². The number of fused-ring (bicyclic) bond motifs is 3. The van der Waals surface area contributed by atoms with E-state index in [1.54, 1.807) is 11.1 Å². The topological polar surface area (TPSA) is 0 Å². The summed E-state index contributed by atoms with van der Waals surface area (Å²) in [5, 5.41) is 0. The number of allylic oxidation sites excluding steroid dienone is 4. The zero-order valence-corrected chi connectivity index (χ0v) is 7.53. The lowest BCUT2D eigenvalue weighted by atomic mass is 9.91. The third-order valence-corrected chi connectivity index (χ3v) is 3.09. The van der Waals surface area contributed by atoms with Gasteiger partial charge in [0.2, 0.25) is 0 Å². The fourth-order valence-electron chi connectivity index (χ4n) is 2.44. The Hall–Kier alpha value is -1.30. The molecule has 13 heavy (non-hydrogen) atoms. The Balaban J connectivity index is 2.14. The van der Waals surface area contributed by atoms with Crippen molar-refractivity contribution >= 4 is 0 Å². The standard InChI is InChI=1S/C13H12/c1-3-7-12-10(5-1)9-11-6-2-4-8-13(11)12/h1-7,13H,8-9H2. The largest absolute Gasteiger partial charge is 0.0836 e. The number of hydrogen-bond donors (Lipinski definition) is 0. The Bertz CT molecular complexity index is 396. The molecule has 0 saturated heterocycles. The molecule has 3 rings (SSSR count). The Kier molecular flexibility index (Phi) is 1.42. The van der Waals surface area contributed by atoms with Gasteiger partial charge in [-0.25, -0.2) is 0 Å². The smallest absolute Gasteiger partial charge is 0.00920 e. The van der Waals surface area contributed by atoms with Crippen LogP contribution in [-0.4, -0.2) is 0 Å². The second-order valence-corrected chi connectivity index (χ2v) is 3.83. The monoisotopic (exact) mass is 168 g/mol. The Morgan fingerprint density at radius 1 is 1.15 bits per heavy atom. The zero-order chi connectivity index (χ0) is 8.67. The summed E-state index contributed by atoms with van der Waals surface area (Å²) in [5.41, 5.74) is 4.68. The minimum Gasteiger partial charge on any atom is -0.0836 e. The maximum atomic E-state index is 2.29. The van der Waals surface area contributed by atoms with Gasteiger partial charge in [0.25, 0.3) is 0 Å². The summed E-state index contributed by atoms with van der Waals surface area (Å²) in [4.78, 5) is 0. The van der Waals surface area contributed by atoms with E-state index in [0.717, 1.165) is 0 Å². The summed E-state index contributed by atoms with van der Waals surface area (Å²) < 4.78 is 0. The van der Waals surface area contributed by atoms with Crippen LogP contribution in [0.25, 0.3) is 0 Å². The van der Waals surface area contributed by atoms with E-state index in [-0.39, 0.29) is 0 Å². The fraction of sp³-hybridized carbons (Fsp3) is 0.231. The number of hydrogen-bond acceptors (Lipinski definition) is 0. The predicted octanol–water partition coefficient (Wildman–Crippen LogP) is 3.21. The van der Waals surface area contributed by atoms with Crippen LogP contribution in [0.3, 0.4) is 0 Å². The van der Waals surface area contributed by atoms with Gasteiger partial charge < -0.3 is 0 Å². The Labute approximate surface area is 78.6 Å². The van der Waals surface area contributed by atoms with Crippen LogP contribution < -0.4 is 0 Å². The molecular weight excluding hydrogens is 156 g/mol. The molecule has 0 N–H and O–H groups in total. The summed E-state index contributed by atoms with van der Waals surface area (Å²) in [6.45, 7) is 0. The van der Waals surface area contributed by atoms with Crippen molar-refractivity contribution in [3.8, 4) is 0 Å². The molecule has 2 aliphatic carbocycles. The number of rotatable bonds is 0. The molecule has 1 aromatic carbocycles. The minimum atomic E-state index is 0.696. The molecule has 0 heterocycles. The van der Waals surface area contributed by atoms with Gasteiger partial charge in [-0.15, -0.1) is 0 Å². The van der Waals surface area contributed by atoms with Crippen molar-refractivity contribution in [1.82, 2.24) is 0 Å². The van der Waals surface area contributed by atoms with Crippen LogP contribution in [-0.2, 0) is 6.42 Å². The van der Waals surface area contributed by atoms with Crippen LogP contribution in [0.1, 0.15) is 23.5 Å². The van der Waals surface area contributed by atoms with Crippen molar-refractivity contribution < 1.29 is 0 Å². The Morgan fingerprint density at radius 3 is 3.08 bits per heavy atom. The molecule has 0 spiro atoms. The molecule has 0 amide bonds. The molecule has 0 aliphatic heterocycles. The average molecular weight is 168 g/mol. The molecule has 0 heteroatoms. The van der Waals surface area contributed by atoms with Gasteiger partial charge in [0.1, 0.15) is 0 Å². The van der Waals surface area contributed by atoms with E-state index in [4.69, 9.17) is 0 Å². The van der Waals surface area contributed by atoms with Gasteiger partial charge in [0, 0.05) is 5.92 Å². The summed E-state index contributed by atoms with van der Waals surface area (Å²) in [7, 11) is 0. The van der Waals surface area contributed by atoms with Crippen molar-refractivity contribution in [1.29, 1.82) is 0 Å². The first kappa shape index (κ1) is 7.14. The minimum absolute atomic E-state index is 0.696. The maximum Gasteiger partial charge on any atom is 0.00920 e. The first-order chi connectivity index (χ1) is 6.45. The lowest BCUT2D eigenvalue weighted by Gasteiger charge is -2.13. The van der Waals surface area contributed by atoms with Crippen LogP contribution in [0, 0.1) is 0 Å². The second kappa shape index (κ2) is 2.59. The molecular formula is C13H12. The highest BCUT2D eigenvalue weighted by Crippen LogP contribution is 2.41. The van der Waals surface area contributed by atoms with Crippen molar-refractivity contribution in [2.45, 2.75) is 18.8 Å². The van der Waals surface area contributed by atoms with Gasteiger partial charge in [-0.1, -0.05) is 48.1 Å². The van der Waals surface area contributed by atoms with Crippen LogP contribution in [0.5, 0.6) is 0 Å². The van der Waals surface area contributed by atoms with Crippen LogP contribution >= 0.6 is 0 Å². The molecule has 64 valence electrons. The normalized spacial score (nSPS) is 23.7. The molecule has 1 atom stereocenters. The van der Waals surface area contributed by atoms with Crippen molar-refractivity contribution in [3.63, 3.8) is 0 Å². The molecule has 0 bridgehead atoms. The highest BCUT2D eigenvalue weighted by atomic mass is 14.3. The van der Waals surface area contributed by atoms with E-state index in [9.17, 15) is 0 Å². The van der Waals surface area contributed by atoms with Gasteiger partial charge in [-0.2, -0.15) is 0 Å². The SMILES string of the molecule is C1=CCC2C(=C1)Cc1ccccc12. The first-order valence-corrected chi connectivity index (χ1v) is 4.88. The molecule has 0 saturated carbocycles. The maximum absolute atomic E-state index is 2.29. The van der Waals surface area contributed by atoms with Crippen LogP contribution in [0.2, 0.25) is 0 Å². The van der Waals surface area contributed by atoms with Gasteiger partial charge >= 0.3 is 0 Å². The summed E-state index contributed by atoms with van der Waals surface area (Å²) >= 11 is 0. The molecule has 0 fully saturated rings. The molecule has 2 aliphatic rings. The molecule has 1 unspecified atom stereocenters. The van der Waals surface area contributed by atoms with E-state index in [2.05, 4.69) is 42.5 Å². The third kappa shape index (κ3) is 0.983. The van der Waals surface area contributed by atoms with Crippen LogP contribution in [0.4, 0.5) is 0 Å². The Morgan fingerprint density at radius 2 is 2.08 bits per heavy atom. The molecule has 0 aromatic heterocycles. The summed E-state index contributed by atoms with van der Waals surface area (Å²) in [6, 6.07) is 8.83. The second-order valence-electron chi connectivity index (χ2n) is 3.83. The number of benzene rings is 1. The average Bonchev–Trinajstić information content (AvgIpc) is 2.56. The van der Waals surface area contributed by atoms with E-state index in [1.165, 1.54) is 18.4 Å². The lowest BCUT2D eigenvalue weighted by Crippen LogP contribution is -1.97. The fourth-order valence-corrected chi connectivity index (χ4v) is 2.44. The van der Waals surface area contributed by atoms with Gasteiger partial charge in [0.05, 0.1) is 0 Å². The van der Waals surface area contributed by atoms with E-state index in [0.29, 0.717) is 5.92 Å². The molecule has 0 radical (unpaired) electrons. The summed E-state index contributed by atoms with van der Waals surface area (Å²) in [6.07, 6.45) is 9.12. The summed E-state index contributed by atoms with van der Waals surface area (Å²) in [5.74, 6) is 0.696. The first-order valence-electron chi connectivity index (χ1n) is 4.88. The molecule has 1 aromatic rings. The highest BCUT2D eigenvalue weighted by molar-refractivity contribution is 5.48. The highest BCUT2D eigenvalue weighted by Gasteiger charge is 2.26.